The van der Waals surface area contributed by atoms with Crippen molar-refractivity contribution in [3.63, 3.8) is 0 Å². The Morgan fingerprint density at radius 3 is 2.90 bits per heavy atom. The summed E-state index contributed by atoms with van der Waals surface area (Å²) >= 11 is 0. The monoisotopic (exact) mass is 280 g/mol. The van der Waals surface area contributed by atoms with Crippen LogP contribution in [0.3, 0.4) is 0 Å². The highest BCUT2D eigenvalue weighted by Gasteiger charge is 2.26. The molecule has 2 unspecified atom stereocenters. The Kier molecular flexibility index (Phi) is 4.83. The van der Waals surface area contributed by atoms with Gasteiger partial charge in [-0.15, -0.1) is 0 Å². The number of carbonyl (C=O) groups excluding carboxylic acids is 1. The van der Waals surface area contributed by atoms with E-state index >= 15 is 0 Å². The van der Waals surface area contributed by atoms with Gasteiger partial charge in [-0.05, 0) is 31.4 Å². The van der Waals surface area contributed by atoms with Crippen LogP contribution in [0.1, 0.15) is 24.9 Å². The summed E-state index contributed by atoms with van der Waals surface area (Å²) in [6.07, 6.45) is 0.514. The van der Waals surface area contributed by atoms with Crippen LogP contribution < -0.4 is 0 Å². The Hall–Kier alpha value is -1.33. The van der Waals surface area contributed by atoms with Crippen molar-refractivity contribution in [2.45, 2.75) is 32.9 Å². The lowest BCUT2D eigenvalue weighted by atomic mass is 9.97. The normalized spacial score (nSPS) is 23.8. The Morgan fingerprint density at radius 1 is 1.55 bits per heavy atom. The number of rotatable bonds is 4. The van der Waals surface area contributed by atoms with Crippen molar-refractivity contribution < 1.29 is 14.3 Å². The maximum absolute atomic E-state index is 12.2. The number of carbonyl (C=O) groups is 1. The SMILES string of the molecule is Cc1ccc(CN(C)C(=O)CN2CCC(O)C(C)C2)o1. The van der Waals surface area contributed by atoms with Crippen LogP contribution in [0.15, 0.2) is 16.5 Å². The van der Waals surface area contributed by atoms with Gasteiger partial charge in [0.05, 0.1) is 19.2 Å². The molecule has 2 atom stereocenters. The minimum absolute atomic E-state index is 0.0858. The van der Waals surface area contributed by atoms with E-state index < -0.39 is 0 Å². The predicted molar refractivity (Wildman–Crippen MR) is 76.1 cm³/mol. The second-order valence-corrected chi connectivity index (χ2v) is 5.83. The second kappa shape index (κ2) is 6.41. The Bertz CT molecular complexity index is 458. The van der Waals surface area contributed by atoms with Crippen LogP contribution >= 0.6 is 0 Å². The molecular formula is C15H24N2O3. The molecule has 0 spiro atoms. The third-order valence-corrected chi connectivity index (χ3v) is 3.92. The number of amides is 1. The van der Waals surface area contributed by atoms with Crippen molar-refractivity contribution >= 4 is 5.91 Å². The van der Waals surface area contributed by atoms with Gasteiger partial charge >= 0.3 is 0 Å². The van der Waals surface area contributed by atoms with Crippen molar-refractivity contribution in [1.29, 1.82) is 0 Å². The van der Waals surface area contributed by atoms with Gasteiger partial charge in [0.25, 0.3) is 0 Å². The smallest absolute Gasteiger partial charge is 0.236 e. The molecule has 0 aromatic carbocycles. The van der Waals surface area contributed by atoms with Gasteiger partial charge in [0, 0.05) is 20.1 Å². The van der Waals surface area contributed by atoms with Crippen molar-refractivity contribution in [3.05, 3.63) is 23.7 Å². The zero-order chi connectivity index (χ0) is 14.7. The van der Waals surface area contributed by atoms with Gasteiger partial charge in [0.1, 0.15) is 11.5 Å². The number of aliphatic hydroxyl groups is 1. The zero-order valence-corrected chi connectivity index (χ0v) is 12.5. The number of aryl methyl sites for hydroxylation is 1. The molecule has 0 bridgehead atoms. The predicted octanol–water partition coefficient (Wildman–Crippen LogP) is 1.25. The highest BCUT2D eigenvalue weighted by Crippen LogP contribution is 2.16. The highest BCUT2D eigenvalue weighted by molar-refractivity contribution is 5.77. The summed E-state index contributed by atoms with van der Waals surface area (Å²) in [4.78, 5) is 16.0. The minimum Gasteiger partial charge on any atom is -0.464 e. The standard InChI is InChI=1S/C15H24N2O3/c1-11-8-17(7-6-14(11)18)10-15(19)16(3)9-13-5-4-12(2)20-13/h4-5,11,14,18H,6-10H2,1-3H3. The number of hydrogen-bond acceptors (Lipinski definition) is 4. The van der Waals surface area contributed by atoms with Crippen LogP contribution in [-0.2, 0) is 11.3 Å². The van der Waals surface area contributed by atoms with E-state index in [0.29, 0.717) is 13.1 Å². The van der Waals surface area contributed by atoms with E-state index in [9.17, 15) is 9.90 Å². The third-order valence-electron chi connectivity index (χ3n) is 3.92. The first-order valence-electron chi connectivity index (χ1n) is 7.15. The van der Waals surface area contributed by atoms with Gasteiger partial charge in [0.15, 0.2) is 0 Å². The van der Waals surface area contributed by atoms with Crippen LogP contribution in [-0.4, -0.2) is 53.6 Å². The Balaban J connectivity index is 1.82. The van der Waals surface area contributed by atoms with Crippen molar-refractivity contribution in [2.75, 3.05) is 26.7 Å². The van der Waals surface area contributed by atoms with Gasteiger partial charge in [0.2, 0.25) is 5.91 Å². The molecule has 2 heterocycles. The first kappa shape index (κ1) is 15.1. The molecule has 1 N–H and O–H groups in total. The molecule has 112 valence electrons. The number of likely N-dealkylation sites (tertiary alicyclic amines) is 1. The summed E-state index contributed by atoms with van der Waals surface area (Å²) in [6.45, 7) is 6.39. The van der Waals surface area contributed by atoms with Crippen LogP contribution in [0.5, 0.6) is 0 Å². The lowest BCUT2D eigenvalue weighted by Crippen LogP contribution is -2.46. The summed E-state index contributed by atoms with van der Waals surface area (Å²) in [7, 11) is 1.79. The minimum atomic E-state index is -0.231. The summed E-state index contributed by atoms with van der Waals surface area (Å²) < 4.78 is 5.48. The Labute approximate surface area is 120 Å². The molecule has 2 rings (SSSR count). The van der Waals surface area contributed by atoms with Crippen molar-refractivity contribution in [2.24, 2.45) is 5.92 Å². The molecule has 1 aromatic rings. The van der Waals surface area contributed by atoms with Crippen molar-refractivity contribution in [1.82, 2.24) is 9.80 Å². The molecule has 5 heteroatoms. The summed E-state index contributed by atoms with van der Waals surface area (Å²) in [5.41, 5.74) is 0. The van der Waals surface area contributed by atoms with Crippen molar-refractivity contribution in [3.8, 4) is 0 Å². The highest BCUT2D eigenvalue weighted by atomic mass is 16.3. The molecule has 0 saturated carbocycles. The number of likely N-dealkylation sites (N-methyl/N-ethyl adjacent to an activating group) is 1. The molecule has 5 nitrogen and oxygen atoms in total. The Morgan fingerprint density at radius 2 is 2.30 bits per heavy atom. The number of aliphatic hydroxyl groups excluding tert-OH is 1. The fourth-order valence-electron chi connectivity index (χ4n) is 2.57. The van der Waals surface area contributed by atoms with E-state index in [-0.39, 0.29) is 17.9 Å². The zero-order valence-electron chi connectivity index (χ0n) is 12.5. The summed E-state index contributed by atoms with van der Waals surface area (Å²) in [5.74, 6) is 1.98. The van der Waals surface area contributed by atoms with E-state index in [1.165, 1.54) is 0 Å². The lowest BCUT2D eigenvalue weighted by Gasteiger charge is -2.34. The second-order valence-electron chi connectivity index (χ2n) is 5.83. The lowest BCUT2D eigenvalue weighted by molar-refractivity contribution is -0.132. The molecule has 1 amide bonds. The molecule has 0 aliphatic carbocycles. The first-order chi connectivity index (χ1) is 9.45. The maximum atomic E-state index is 12.2. The van der Waals surface area contributed by atoms with Crippen LogP contribution in [0.25, 0.3) is 0 Å². The first-order valence-corrected chi connectivity index (χ1v) is 7.15. The fourth-order valence-corrected chi connectivity index (χ4v) is 2.57. The largest absolute Gasteiger partial charge is 0.464 e. The van der Waals surface area contributed by atoms with Crippen LogP contribution in [0.2, 0.25) is 0 Å². The maximum Gasteiger partial charge on any atom is 0.236 e. The molecule has 1 aliphatic rings. The fraction of sp³-hybridized carbons (Fsp3) is 0.667. The molecule has 20 heavy (non-hydrogen) atoms. The van der Waals surface area contributed by atoms with Gasteiger partial charge in [-0.3, -0.25) is 9.69 Å². The van der Waals surface area contributed by atoms with Crippen LogP contribution in [0, 0.1) is 12.8 Å². The quantitative estimate of drug-likeness (QED) is 0.902. The summed E-state index contributed by atoms with van der Waals surface area (Å²) in [5, 5.41) is 9.70. The van der Waals surface area contributed by atoms with E-state index in [4.69, 9.17) is 4.42 Å². The van der Waals surface area contributed by atoms with E-state index in [2.05, 4.69) is 4.90 Å². The molecule has 0 radical (unpaired) electrons. The van der Waals surface area contributed by atoms with E-state index in [1.54, 1.807) is 11.9 Å². The van der Waals surface area contributed by atoms with Gasteiger partial charge in [-0.25, -0.2) is 0 Å². The van der Waals surface area contributed by atoms with Gasteiger partial charge < -0.3 is 14.4 Å². The number of hydrogen-bond donors (Lipinski definition) is 1. The molecule has 1 aliphatic heterocycles. The van der Waals surface area contributed by atoms with E-state index in [1.807, 2.05) is 26.0 Å². The number of piperidine rings is 1. The summed E-state index contributed by atoms with van der Waals surface area (Å²) in [6, 6.07) is 3.81. The average Bonchev–Trinajstić information content (AvgIpc) is 2.79. The average molecular weight is 280 g/mol. The van der Waals surface area contributed by atoms with Crippen LogP contribution in [0.4, 0.5) is 0 Å². The third kappa shape index (κ3) is 3.84. The number of nitrogens with zero attached hydrogens (tertiary/aromatic N) is 2. The molecule has 1 fully saturated rings. The molecule has 1 saturated heterocycles. The number of furan rings is 1. The van der Waals surface area contributed by atoms with E-state index in [0.717, 1.165) is 31.0 Å². The topological polar surface area (TPSA) is 56.9 Å². The van der Waals surface area contributed by atoms with Gasteiger partial charge in [-0.1, -0.05) is 6.92 Å². The molecular weight excluding hydrogens is 256 g/mol. The van der Waals surface area contributed by atoms with Gasteiger partial charge in [-0.2, -0.15) is 0 Å². The molecule has 1 aromatic heterocycles.